The molecule has 0 atom stereocenters. The van der Waals surface area contributed by atoms with Gasteiger partial charge in [-0.3, -0.25) is 4.79 Å². The number of nitrogens with zero attached hydrogens (tertiary/aromatic N) is 3. The molecule has 0 aliphatic carbocycles. The third-order valence-electron chi connectivity index (χ3n) is 2.55. The van der Waals surface area contributed by atoms with Crippen LogP contribution in [0.25, 0.3) is 0 Å². The Bertz CT molecular complexity index is 392. The number of likely N-dealkylation sites (N-methyl/N-ethyl adjacent to an activating group) is 2. The van der Waals surface area contributed by atoms with Crippen molar-refractivity contribution in [1.29, 1.82) is 0 Å². The highest BCUT2D eigenvalue weighted by Gasteiger charge is 2.10. The van der Waals surface area contributed by atoms with Crippen LogP contribution in [0.15, 0.2) is 18.2 Å². The molecule has 0 aromatic carbocycles. The first kappa shape index (κ1) is 14.3. The summed E-state index contributed by atoms with van der Waals surface area (Å²) in [5.74, 6) is 1.70. The van der Waals surface area contributed by atoms with Gasteiger partial charge in [0.2, 0.25) is 5.91 Å². The summed E-state index contributed by atoms with van der Waals surface area (Å²) in [5.41, 5.74) is 0. The number of hydrogen-bond acceptors (Lipinski definition) is 4. The molecule has 18 heavy (non-hydrogen) atoms. The number of pyridine rings is 1. The van der Waals surface area contributed by atoms with Gasteiger partial charge in [-0.05, 0) is 18.6 Å². The van der Waals surface area contributed by atoms with Crippen LogP contribution in [0.5, 0.6) is 0 Å². The summed E-state index contributed by atoms with van der Waals surface area (Å²) in [6, 6.07) is 5.78. The van der Waals surface area contributed by atoms with E-state index >= 15 is 0 Å². The van der Waals surface area contributed by atoms with Crippen LogP contribution in [0.3, 0.4) is 0 Å². The van der Waals surface area contributed by atoms with E-state index in [0.717, 1.165) is 24.6 Å². The van der Waals surface area contributed by atoms with Crippen molar-refractivity contribution in [2.24, 2.45) is 0 Å². The van der Waals surface area contributed by atoms with Gasteiger partial charge >= 0.3 is 0 Å². The molecule has 5 nitrogen and oxygen atoms in total. The fourth-order valence-electron chi connectivity index (χ4n) is 1.41. The van der Waals surface area contributed by atoms with Gasteiger partial charge in [-0.1, -0.05) is 13.0 Å². The van der Waals surface area contributed by atoms with Gasteiger partial charge in [-0.25, -0.2) is 4.98 Å². The maximum Gasteiger partial charge on any atom is 0.241 e. The number of carbonyl (C=O) groups excluding carboxylic acids is 1. The SMILES string of the molecule is CCCNc1cccc(N(C)CC(=O)N(C)C)n1. The predicted molar refractivity (Wildman–Crippen MR) is 75.0 cm³/mol. The molecular weight excluding hydrogens is 228 g/mol. The monoisotopic (exact) mass is 250 g/mol. The summed E-state index contributed by atoms with van der Waals surface area (Å²) in [6.45, 7) is 3.34. The second kappa shape index (κ2) is 6.83. The lowest BCUT2D eigenvalue weighted by Crippen LogP contribution is -2.34. The minimum Gasteiger partial charge on any atom is -0.370 e. The van der Waals surface area contributed by atoms with E-state index in [1.807, 2.05) is 30.1 Å². The average Bonchev–Trinajstić information content (AvgIpc) is 2.36. The highest BCUT2D eigenvalue weighted by molar-refractivity contribution is 5.80. The summed E-state index contributed by atoms with van der Waals surface area (Å²) >= 11 is 0. The lowest BCUT2D eigenvalue weighted by molar-refractivity contribution is -0.127. The minimum atomic E-state index is 0.0613. The van der Waals surface area contributed by atoms with Gasteiger partial charge in [0.15, 0.2) is 0 Å². The van der Waals surface area contributed by atoms with Gasteiger partial charge in [0, 0.05) is 27.7 Å². The maximum absolute atomic E-state index is 11.6. The van der Waals surface area contributed by atoms with Crippen molar-refractivity contribution >= 4 is 17.5 Å². The Labute approximate surface area is 109 Å². The van der Waals surface area contributed by atoms with Crippen molar-refractivity contribution in [2.75, 3.05) is 44.4 Å². The molecule has 1 aromatic heterocycles. The van der Waals surface area contributed by atoms with Crippen molar-refractivity contribution in [2.45, 2.75) is 13.3 Å². The number of amides is 1. The maximum atomic E-state index is 11.6. The summed E-state index contributed by atoms with van der Waals surface area (Å²) < 4.78 is 0. The largest absolute Gasteiger partial charge is 0.370 e. The molecule has 1 heterocycles. The molecule has 1 N–H and O–H groups in total. The molecule has 0 aliphatic rings. The third-order valence-corrected chi connectivity index (χ3v) is 2.55. The first-order valence-corrected chi connectivity index (χ1v) is 6.16. The van der Waals surface area contributed by atoms with Crippen LogP contribution >= 0.6 is 0 Å². The average molecular weight is 250 g/mol. The van der Waals surface area contributed by atoms with Crippen LogP contribution in [-0.4, -0.2) is 50.0 Å². The van der Waals surface area contributed by atoms with Crippen LogP contribution in [-0.2, 0) is 4.79 Å². The molecule has 0 fully saturated rings. The quantitative estimate of drug-likeness (QED) is 0.829. The lowest BCUT2D eigenvalue weighted by atomic mass is 10.4. The molecule has 1 amide bonds. The van der Waals surface area contributed by atoms with Crippen molar-refractivity contribution in [1.82, 2.24) is 9.88 Å². The molecule has 0 saturated carbocycles. The van der Waals surface area contributed by atoms with Crippen molar-refractivity contribution in [3.05, 3.63) is 18.2 Å². The standard InChI is InChI=1S/C13H22N4O/c1-5-9-14-11-7-6-8-12(15-11)17(4)10-13(18)16(2)3/h6-8H,5,9-10H2,1-4H3,(H,14,15). The number of carbonyl (C=O) groups is 1. The summed E-state index contributed by atoms with van der Waals surface area (Å²) in [6.07, 6.45) is 1.06. The van der Waals surface area contributed by atoms with Gasteiger partial charge in [-0.2, -0.15) is 0 Å². The van der Waals surface area contributed by atoms with Gasteiger partial charge in [0.1, 0.15) is 11.6 Å². The second-order valence-corrected chi connectivity index (χ2v) is 4.45. The van der Waals surface area contributed by atoms with Gasteiger partial charge in [0.25, 0.3) is 0 Å². The van der Waals surface area contributed by atoms with Gasteiger partial charge in [-0.15, -0.1) is 0 Å². The Hall–Kier alpha value is -1.78. The fourth-order valence-corrected chi connectivity index (χ4v) is 1.41. The Morgan fingerprint density at radius 1 is 1.33 bits per heavy atom. The van der Waals surface area contributed by atoms with E-state index in [1.54, 1.807) is 19.0 Å². The molecule has 0 aliphatic heterocycles. The highest BCUT2D eigenvalue weighted by Crippen LogP contribution is 2.12. The van der Waals surface area contributed by atoms with E-state index in [2.05, 4.69) is 17.2 Å². The van der Waals surface area contributed by atoms with E-state index in [1.165, 1.54) is 0 Å². The number of hydrogen-bond donors (Lipinski definition) is 1. The Morgan fingerprint density at radius 3 is 2.67 bits per heavy atom. The smallest absolute Gasteiger partial charge is 0.241 e. The number of rotatable bonds is 6. The van der Waals surface area contributed by atoms with Crippen LogP contribution in [0.1, 0.15) is 13.3 Å². The highest BCUT2D eigenvalue weighted by atomic mass is 16.2. The number of nitrogens with one attached hydrogen (secondary N) is 1. The summed E-state index contributed by atoms with van der Waals surface area (Å²) in [7, 11) is 5.37. The first-order valence-electron chi connectivity index (χ1n) is 6.16. The normalized spacial score (nSPS) is 10.0. The molecular formula is C13H22N4O. The molecule has 0 spiro atoms. The summed E-state index contributed by atoms with van der Waals surface area (Å²) in [4.78, 5) is 19.5. The molecule has 0 unspecified atom stereocenters. The molecule has 1 aromatic rings. The molecule has 1 rings (SSSR count). The van der Waals surface area contributed by atoms with E-state index in [9.17, 15) is 4.79 Å². The topological polar surface area (TPSA) is 48.5 Å². The van der Waals surface area contributed by atoms with E-state index in [4.69, 9.17) is 0 Å². The van der Waals surface area contributed by atoms with Gasteiger partial charge < -0.3 is 15.1 Å². The molecule has 5 heteroatoms. The zero-order valence-electron chi connectivity index (χ0n) is 11.6. The van der Waals surface area contributed by atoms with Crippen molar-refractivity contribution in [3.8, 4) is 0 Å². The molecule has 0 saturated heterocycles. The van der Waals surface area contributed by atoms with Crippen LogP contribution < -0.4 is 10.2 Å². The third kappa shape index (κ3) is 4.24. The Kier molecular flexibility index (Phi) is 5.42. The molecule has 100 valence electrons. The zero-order valence-corrected chi connectivity index (χ0v) is 11.6. The van der Waals surface area contributed by atoms with Crippen molar-refractivity contribution < 1.29 is 4.79 Å². The lowest BCUT2D eigenvalue weighted by Gasteiger charge is -2.20. The number of aromatic nitrogens is 1. The predicted octanol–water partition coefficient (Wildman–Crippen LogP) is 1.43. The first-order chi connectivity index (χ1) is 8.54. The second-order valence-electron chi connectivity index (χ2n) is 4.45. The van der Waals surface area contributed by atoms with Crippen LogP contribution in [0, 0.1) is 0 Å². The molecule has 0 bridgehead atoms. The van der Waals surface area contributed by atoms with Crippen LogP contribution in [0.4, 0.5) is 11.6 Å². The Morgan fingerprint density at radius 2 is 2.06 bits per heavy atom. The number of anilines is 2. The fraction of sp³-hybridized carbons (Fsp3) is 0.538. The van der Waals surface area contributed by atoms with Gasteiger partial charge in [0.05, 0.1) is 6.54 Å². The van der Waals surface area contributed by atoms with Crippen molar-refractivity contribution in [3.63, 3.8) is 0 Å². The molecule has 0 radical (unpaired) electrons. The summed E-state index contributed by atoms with van der Waals surface area (Å²) in [5, 5.41) is 3.23. The van der Waals surface area contributed by atoms with E-state index in [-0.39, 0.29) is 5.91 Å². The zero-order chi connectivity index (χ0) is 13.5. The Balaban J connectivity index is 2.67. The van der Waals surface area contributed by atoms with Crippen LogP contribution in [0.2, 0.25) is 0 Å². The van der Waals surface area contributed by atoms with E-state index in [0.29, 0.717) is 6.54 Å². The van der Waals surface area contributed by atoms with E-state index < -0.39 is 0 Å². The minimum absolute atomic E-state index is 0.0613.